The van der Waals surface area contributed by atoms with Gasteiger partial charge in [0.05, 0.1) is 23.7 Å². The van der Waals surface area contributed by atoms with Crippen LogP contribution < -0.4 is 10.1 Å². The van der Waals surface area contributed by atoms with Crippen molar-refractivity contribution < 1.29 is 28.9 Å². The Kier molecular flexibility index (Phi) is 8.07. The Hall–Kier alpha value is -2.95. The van der Waals surface area contributed by atoms with Crippen molar-refractivity contribution in [2.75, 3.05) is 19.6 Å². The number of aliphatic hydroxyl groups is 3. The predicted octanol–water partition coefficient (Wildman–Crippen LogP) is 4.98. The Morgan fingerprint density at radius 1 is 1.17 bits per heavy atom. The van der Waals surface area contributed by atoms with Gasteiger partial charge in [0, 0.05) is 53.6 Å². The number of nitrogens with one attached hydrogen (secondary N) is 2. The van der Waals surface area contributed by atoms with Gasteiger partial charge in [-0.1, -0.05) is 13.0 Å². The number of furan rings is 1. The number of aliphatic hydroxyl groups excluding tert-OH is 2. The molecule has 1 saturated carbocycles. The summed E-state index contributed by atoms with van der Waals surface area (Å²) in [6.07, 6.45) is 5.02. The minimum absolute atomic E-state index is 0.108. The summed E-state index contributed by atoms with van der Waals surface area (Å²) in [5.41, 5.74) is 2.15. The van der Waals surface area contributed by atoms with Crippen LogP contribution in [0.3, 0.4) is 0 Å². The highest BCUT2D eigenvalue weighted by Crippen LogP contribution is 2.34. The number of aromatic amines is 1. The molecular formula is C32H40FN3O5. The number of nitrogens with zero attached hydrogens (tertiary/aromatic N) is 1. The summed E-state index contributed by atoms with van der Waals surface area (Å²) >= 11 is 0. The third-order valence-electron chi connectivity index (χ3n) is 9.09. The van der Waals surface area contributed by atoms with Gasteiger partial charge >= 0.3 is 0 Å². The van der Waals surface area contributed by atoms with Crippen molar-refractivity contribution in [2.45, 2.75) is 76.0 Å². The van der Waals surface area contributed by atoms with Gasteiger partial charge in [0.15, 0.2) is 0 Å². The van der Waals surface area contributed by atoms with E-state index < -0.39 is 11.8 Å². The number of piperidine rings is 1. The van der Waals surface area contributed by atoms with Crippen molar-refractivity contribution in [3.8, 4) is 5.75 Å². The quantitative estimate of drug-likeness (QED) is 0.182. The molecule has 1 saturated heterocycles. The molecule has 0 amide bonds. The molecule has 4 aromatic rings. The van der Waals surface area contributed by atoms with E-state index >= 15 is 0 Å². The maximum absolute atomic E-state index is 13.5. The van der Waals surface area contributed by atoms with E-state index in [1.165, 1.54) is 12.1 Å². The molecule has 220 valence electrons. The Morgan fingerprint density at radius 2 is 2.00 bits per heavy atom. The highest BCUT2D eigenvalue weighted by molar-refractivity contribution is 5.87. The highest BCUT2D eigenvalue weighted by Gasteiger charge is 2.35. The number of benzene rings is 2. The van der Waals surface area contributed by atoms with Crippen LogP contribution in [0.15, 0.2) is 53.1 Å². The molecule has 2 aliphatic rings. The van der Waals surface area contributed by atoms with Crippen LogP contribution in [0.25, 0.3) is 21.9 Å². The van der Waals surface area contributed by atoms with Crippen molar-refractivity contribution >= 4 is 21.9 Å². The van der Waals surface area contributed by atoms with E-state index in [0.717, 1.165) is 67.2 Å². The Bertz CT molecular complexity index is 1480. The molecule has 5 N–H and O–H groups in total. The first-order chi connectivity index (χ1) is 19.8. The van der Waals surface area contributed by atoms with Crippen molar-refractivity contribution in [1.29, 1.82) is 0 Å². The number of fused-ring (bicyclic) bond motifs is 2. The molecule has 0 bridgehead atoms. The molecule has 3 atom stereocenters. The summed E-state index contributed by atoms with van der Waals surface area (Å²) in [6, 6.07) is 12.2. The fraction of sp³-hybridized carbons (Fsp3) is 0.500. The molecule has 9 heteroatoms. The van der Waals surface area contributed by atoms with Crippen LogP contribution in [0.1, 0.15) is 62.9 Å². The van der Waals surface area contributed by atoms with Gasteiger partial charge in [0.25, 0.3) is 0 Å². The van der Waals surface area contributed by atoms with Crippen LogP contribution in [0.2, 0.25) is 0 Å². The molecular weight excluding hydrogens is 525 g/mol. The summed E-state index contributed by atoms with van der Waals surface area (Å²) in [7, 11) is 0. The van der Waals surface area contributed by atoms with E-state index in [1.807, 2.05) is 24.3 Å². The summed E-state index contributed by atoms with van der Waals surface area (Å²) in [4.78, 5) is 5.67. The summed E-state index contributed by atoms with van der Waals surface area (Å²) in [6.45, 7) is 4.97. The average Bonchev–Trinajstić information content (AvgIpc) is 3.58. The van der Waals surface area contributed by atoms with Crippen LogP contribution >= 0.6 is 0 Å². The summed E-state index contributed by atoms with van der Waals surface area (Å²) < 4.78 is 25.1. The van der Waals surface area contributed by atoms with Gasteiger partial charge in [0.1, 0.15) is 30.0 Å². The van der Waals surface area contributed by atoms with Crippen LogP contribution in [0, 0.1) is 11.7 Å². The van der Waals surface area contributed by atoms with Gasteiger partial charge in [-0.25, -0.2) is 4.39 Å². The third kappa shape index (κ3) is 6.29. The first kappa shape index (κ1) is 28.2. The zero-order chi connectivity index (χ0) is 28.6. The second kappa shape index (κ2) is 11.7. The molecule has 2 aromatic heterocycles. The lowest BCUT2D eigenvalue weighted by Crippen LogP contribution is -2.46. The molecule has 41 heavy (non-hydrogen) atoms. The normalized spacial score (nSPS) is 26.5. The van der Waals surface area contributed by atoms with Gasteiger partial charge in [-0.3, -0.25) is 5.32 Å². The molecule has 1 aliphatic carbocycles. The van der Waals surface area contributed by atoms with E-state index in [1.54, 1.807) is 12.3 Å². The first-order valence-corrected chi connectivity index (χ1v) is 14.7. The predicted molar refractivity (Wildman–Crippen MR) is 155 cm³/mol. The van der Waals surface area contributed by atoms with Gasteiger partial charge in [-0.15, -0.1) is 0 Å². The number of ether oxygens (including phenoxy) is 1. The number of rotatable bonds is 9. The summed E-state index contributed by atoms with van der Waals surface area (Å²) in [5.74, 6) is 0.606. The van der Waals surface area contributed by atoms with Gasteiger partial charge < -0.3 is 34.4 Å². The lowest BCUT2D eigenvalue weighted by molar-refractivity contribution is -0.0320. The molecule has 1 aliphatic heterocycles. The van der Waals surface area contributed by atoms with Crippen LogP contribution in [0.5, 0.6) is 5.75 Å². The molecule has 0 spiro atoms. The Balaban J connectivity index is 1.03. The Labute approximate surface area is 239 Å². The van der Waals surface area contributed by atoms with Crippen molar-refractivity contribution in [1.82, 2.24) is 15.2 Å². The SMILES string of the molecule is C[C@H]1CN(CCC2(O)CCC(NC(O)c3cc4c(OCc5coc6cc(F)ccc56)cccc4[nH]3)CC2)CC[C@@H]1O. The number of H-pyrrole nitrogens is 1. The topological polar surface area (TPSA) is 114 Å². The smallest absolute Gasteiger partial charge is 0.146 e. The van der Waals surface area contributed by atoms with Gasteiger partial charge in [-0.05, 0) is 74.8 Å². The zero-order valence-electron chi connectivity index (χ0n) is 23.5. The first-order valence-electron chi connectivity index (χ1n) is 14.7. The lowest BCUT2D eigenvalue weighted by atomic mass is 9.79. The fourth-order valence-electron chi connectivity index (χ4n) is 6.42. The van der Waals surface area contributed by atoms with Crippen molar-refractivity contribution in [3.63, 3.8) is 0 Å². The van der Waals surface area contributed by atoms with Crippen molar-refractivity contribution in [2.24, 2.45) is 5.92 Å². The number of aromatic nitrogens is 1. The number of hydrogen-bond acceptors (Lipinski definition) is 7. The second-order valence-electron chi connectivity index (χ2n) is 12.1. The van der Waals surface area contributed by atoms with Crippen LogP contribution in [0.4, 0.5) is 4.39 Å². The monoisotopic (exact) mass is 565 g/mol. The maximum Gasteiger partial charge on any atom is 0.146 e. The van der Waals surface area contributed by atoms with E-state index in [-0.39, 0.29) is 30.5 Å². The summed E-state index contributed by atoms with van der Waals surface area (Å²) in [5, 5.41) is 37.2. The molecule has 3 heterocycles. The lowest BCUT2D eigenvalue weighted by Gasteiger charge is -2.40. The minimum Gasteiger partial charge on any atom is -0.488 e. The van der Waals surface area contributed by atoms with Crippen LogP contribution in [-0.4, -0.2) is 62.6 Å². The van der Waals surface area contributed by atoms with Crippen LogP contribution in [-0.2, 0) is 6.61 Å². The van der Waals surface area contributed by atoms with E-state index in [9.17, 15) is 19.7 Å². The fourth-order valence-corrected chi connectivity index (χ4v) is 6.42. The van der Waals surface area contributed by atoms with E-state index in [0.29, 0.717) is 29.9 Å². The molecule has 2 aromatic carbocycles. The van der Waals surface area contributed by atoms with Gasteiger partial charge in [-0.2, -0.15) is 0 Å². The van der Waals surface area contributed by atoms with Crippen molar-refractivity contribution in [3.05, 3.63) is 65.8 Å². The number of likely N-dealkylation sites (tertiary alicyclic amines) is 1. The second-order valence-corrected chi connectivity index (χ2v) is 12.1. The largest absolute Gasteiger partial charge is 0.488 e. The minimum atomic E-state index is -0.875. The highest BCUT2D eigenvalue weighted by atomic mass is 19.1. The average molecular weight is 566 g/mol. The molecule has 0 radical (unpaired) electrons. The zero-order valence-corrected chi connectivity index (χ0v) is 23.5. The molecule has 8 nitrogen and oxygen atoms in total. The Morgan fingerprint density at radius 3 is 2.80 bits per heavy atom. The molecule has 2 fully saturated rings. The number of halogens is 1. The number of hydrogen-bond donors (Lipinski definition) is 5. The van der Waals surface area contributed by atoms with E-state index in [4.69, 9.17) is 9.15 Å². The molecule has 1 unspecified atom stereocenters. The van der Waals surface area contributed by atoms with E-state index in [2.05, 4.69) is 22.1 Å². The molecule has 6 rings (SSSR count). The van der Waals surface area contributed by atoms with Gasteiger partial charge in [0.2, 0.25) is 0 Å². The third-order valence-corrected chi connectivity index (χ3v) is 9.09. The maximum atomic E-state index is 13.5. The standard InChI is InChI=1S/C32H40FN3O5/c1-20-17-36(13-9-28(20)37)14-12-32(39)10-7-23(8-11-32)34-31(38)27-16-25-26(35-27)3-2-4-29(25)40-18-21-19-41-30-15-22(33)5-6-24(21)30/h2-6,15-16,19-20,23,28,31,34-35,37-39H,7-14,17-18H2,1H3/t20-,23?,28-,31?,32?/m0/s1.